The van der Waals surface area contributed by atoms with Gasteiger partial charge in [0, 0.05) is 4.88 Å². The second-order valence-corrected chi connectivity index (χ2v) is 6.29. The molecule has 2 heterocycles. The molecule has 22 heavy (non-hydrogen) atoms. The molecule has 3 N–H and O–H groups in total. The van der Waals surface area contributed by atoms with E-state index in [1.807, 2.05) is 31.4 Å². The van der Waals surface area contributed by atoms with Gasteiger partial charge in [-0.15, -0.1) is 11.3 Å². The number of amidine groups is 1. The van der Waals surface area contributed by atoms with Crippen molar-refractivity contribution in [1.82, 2.24) is 0 Å². The maximum atomic E-state index is 9.97. The van der Waals surface area contributed by atoms with E-state index >= 15 is 0 Å². The van der Waals surface area contributed by atoms with Crippen LogP contribution in [0, 0.1) is 33.5 Å². The first-order chi connectivity index (χ1) is 10.6. The summed E-state index contributed by atoms with van der Waals surface area (Å²) in [5.41, 5.74) is 3.82. The van der Waals surface area contributed by atoms with E-state index in [2.05, 4.69) is 17.1 Å². The molecule has 2 aliphatic rings. The minimum Gasteiger partial charge on any atom is -0.314 e. The zero-order chi connectivity index (χ0) is 16.0. The number of nitriles is 2. The van der Waals surface area contributed by atoms with Crippen LogP contribution in [0.25, 0.3) is 0 Å². The minimum atomic E-state index is -1.39. The number of fused-ring (bicyclic) bond motifs is 1. The van der Waals surface area contributed by atoms with Crippen molar-refractivity contribution in [3.05, 3.63) is 22.4 Å². The molecule has 0 aromatic carbocycles. The monoisotopic (exact) mass is 317 g/mol. The summed E-state index contributed by atoms with van der Waals surface area (Å²) in [6.45, 7) is 4.31. The number of thiophene rings is 1. The van der Waals surface area contributed by atoms with Crippen molar-refractivity contribution in [2.45, 2.75) is 25.7 Å². The zero-order valence-electron chi connectivity index (χ0n) is 12.4. The number of nitrogens with one attached hydrogen (secondary N) is 1. The van der Waals surface area contributed by atoms with E-state index < -0.39 is 16.7 Å². The van der Waals surface area contributed by atoms with E-state index in [-0.39, 0.29) is 11.8 Å². The number of ether oxygens (including phenoxy) is 2. The summed E-state index contributed by atoms with van der Waals surface area (Å²) in [5, 5.41) is 21.7. The highest BCUT2D eigenvalue weighted by atomic mass is 32.1. The molecule has 6 nitrogen and oxygen atoms in total. The summed E-state index contributed by atoms with van der Waals surface area (Å²) in [5.74, 6) is -1.49. The Kier molecular flexibility index (Phi) is 3.26. The standard InChI is InChI=1S/C15H16N4O2S/c1-3-20-15(21-4-2)14(9-17)11(10-6-5-7-22-10)13(14,8-16)12(18)19-15/h5-7,11H,3-4H2,1-2H3,(H2,18,19)/p+1/t11-,13-,14-/m1/s1. The quantitative estimate of drug-likeness (QED) is 0.746. The third-order valence-electron chi connectivity index (χ3n) is 4.52. The molecule has 1 saturated carbocycles. The Labute approximate surface area is 132 Å². The summed E-state index contributed by atoms with van der Waals surface area (Å²) in [7, 11) is 0. The van der Waals surface area contributed by atoms with Gasteiger partial charge in [0.1, 0.15) is 0 Å². The highest BCUT2D eigenvalue weighted by Gasteiger charge is 2.97. The van der Waals surface area contributed by atoms with Gasteiger partial charge in [0.15, 0.2) is 10.8 Å². The normalized spacial score (nSPS) is 34.4. The van der Waals surface area contributed by atoms with Crippen LogP contribution in [0.2, 0.25) is 0 Å². The van der Waals surface area contributed by atoms with Gasteiger partial charge in [-0.3, -0.25) is 5.73 Å². The molecule has 0 unspecified atom stereocenters. The van der Waals surface area contributed by atoms with Crippen molar-refractivity contribution in [3.63, 3.8) is 0 Å². The molecule has 1 aliphatic heterocycles. The van der Waals surface area contributed by atoms with Crippen LogP contribution in [0.1, 0.15) is 24.6 Å². The first-order valence-electron chi connectivity index (χ1n) is 7.15. The van der Waals surface area contributed by atoms with Crippen LogP contribution in [0.5, 0.6) is 0 Å². The molecule has 3 atom stereocenters. The summed E-state index contributed by atoms with van der Waals surface area (Å²) >= 11 is 1.51. The molecule has 1 fully saturated rings. The Balaban J connectivity index is 2.22. The predicted molar refractivity (Wildman–Crippen MR) is 79.3 cm³/mol. The van der Waals surface area contributed by atoms with Gasteiger partial charge in [0.25, 0.3) is 5.84 Å². The molecular weight excluding hydrogens is 300 g/mol. The fourth-order valence-corrected chi connectivity index (χ4v) is 4.70. The average Bonchev–Trinajstić information content (AvgIpc) is 2.78. The molecule has 0 radical (unpaired) electrons. The van der Waals surface area contributed by atoms with Crippen molar-refractivity contribution in [3.8, 4) is 12.1 Å². The highest BCUT2D eigenvalue weighted by molar-refractivity contribution is 7.10. The molecule has 1 aromatic heterocycles. The Morgan fingerprint density at radius 1 is 1.32 bits per heavy atom. The van der Waals surface area contributed by atoms with Gasteiger partial charge in [0.05, 0.1) is 31.3 Å². The Bertz CT molecular complexity index is 696. The van der Waals surface area contributed by atoms with Crippen molar-refractivity contribution in [1.29, 1.82) is 10.5 Å². The Hall–Kier alpha value is -1.93. The van der Waals surface area contributed by atoms with E-state index in [0.717, 1.165) is 4.88 Å². The molecule has 114 valence electrons. The van der Waals surface area contributed by atoms with Crippen LogP contribution in [0.4, 0.5) is 0 Å². The fourth-order valence-electron chi connectivity index (χ4n) is 3.74. The van der Waals surface area contributed by atoms with E-state index in [0.29, 0.717) is 13.2 Å². The number of rotatable bonds is 5. The molecule has 7 heteroatoms. The Morgan fingerprint density at radius 3 is 2.45 bits per heavy atom. The van der Waals surface area contributed by atoms with Gasteiger partial charge in [-0.05, 0) is 25.3 Å². The van der Waals surface area contributed by atoms with E-state index in [4.69, 9.17) is 15.2 Å². The van der Waals surface area contributed by atoms with Crippen molar-refractivity contribution >= 4 is 17.2 Å². The van der Waals surface area contributed by atoms with E-state index in [1.165, 1.54) is 11.3 Å². The highest BCUT2D eigenvalue weighted by Crippen LogP contribution is 2.79. The molecule has 0 saturated heterocycles. The lowest BCUT2D eigenvalue weighted by Gasteiger charge is -2.29. The number of hydrogen-bond donors (Lipinski definition) is 2. The third kappa shape index (κ3) is 1.37. The lowest BCUT2D eigenvalue weighted by atomic mass is 9.93. The maximum absolute atomic E-state index is 9.97. The second-order valence-electron chi connectivity index (χ2n) is 5.31. The molecule has 0 amide bonds. The summed E-state index contributed by atoms with van der Waals surface area (Å²) in [6, 6.07) is 8.39. The third-order valence-corrected chi connectivity index (χ3v) is 5.46. The van der Waals surface area contributed by atoms with Crippen molar-refractivity contribution in [2.75, 3.05) is 13.2 Å². The molecule has 3 rings (SSSR count). The second kappa shape index (κ2) is 4.79. The van der Waals surface area contributed by atoms with E-state index in [1.54, 1.807) is 0 Å². The van der Waals surface area contributed by atoms with Crippen LogP contribution in [0.3, 0.4) is 0 Å². The van der Waals surface area contributed by atoms with Crippen LogP contribution < -0.4 is 10.7 Å². The van der Waals surface area contributed by atoms with Gasteiger partial charge in [-0.25, -0.2) is 4.99 Å². The molecule has 0 bridgehead atoms. The number of hydrogen-bond acceptors (Lipinski definition) is 6. The summed E-state index contributed by atoms with van der Waals surface area (Å²) in [6.07, 6.45) is 0. The van der Waals surface area contributed by atoms with Gasteiger partial charge >= 0.3 is 5.91 Å². The fraction of sp³-hybridized carbons (Fsp3) is 0.533. The topological polar surface area (TPSA) is 106 Å². The number of nitrogens with two attached hydrogens (primary N) is 1. The number of nitrogens with zero attached hydrogens (tertiary/aromatic N) is 2. The Morgan fingerprint density at radius 2 is 2.00 bits per heavy atom. The van der Waals surface area contributed by atoms with E-state index in [9.17, 15) is 10.5 Å². The average molecular weight is 317 g/mol. The van der Waals surface area contributed by atoms with Crippen LogP contribution in [-0.4, -0.2) is 25.0 Å². The minimum absolute atomic E-state index is 0.247. The first-order valence-corrected chi connectivity index (χ1v) is 8.03. The van der Waals surface area contributed by atoms with Crippen LogP contribution in [-0.2, 0) is 9.47 Å². The summed E-state index contributed by atoms with van der Waals surface area (Å²) in [4.78, 5) is 3.89. The van der Waals surface area contributed by atoms with Crippen molar-refractivity contribution in [2.24, 2.45) is 16.6 Å². The molecular formula is C15H17N4O2S+. The van der Waals surface area contributed by atoms with Gasteiger partial charge in [0.2, 0.25) is 0 Å². The lowest BCUT2D eigenvalue weighted by molar-refractivity contribution is -0.693. The smallest absolute Gasteiger partial charge is 0.314 e. The van der Waals surface area contributed by atoms with Gasteiger partial charge in [-0.2, -0.15) is 10.5 Å². The summed E-state index contributed by atoms with van der Waals surface area (Å²) < 4.78 is 11.6. The SMILES string of the molecule is CCOC1(OCC)[NH+]=C(N)[C@@]2(C#N)[C@@H](c3cccs3)[C@@]12C#N. The van der Waals surface area contributed by atoms with Crippen molar-refractivity contribution < 1.29 is 14.5 Å². The molecule has 1 aromatic rings. The lowest BCUT2D eigenvalue weighted by Crippen LogP contribution is -2.91. The maximum Gasteiger partial charge on any atom is 0.343 e. The zero-order valence-corrected chi connectivity index (χ0v) is 13.2. The molecule has 0 spiro atoms. The largest absolute Gasteiger partial charge is 0.343 e. The van der Waals surface area contributed by atoms with Crippen LogP contribution in [0.15, 0.2) is 17.5 Å². The predicted octanol–water partition coefficient (Wildman–Crippen LogP) is 0.0435. The molecule has 1 aliphatic carbocycles. The van der Waals surface area contributed by atoms with Gasteiger partial charge < -0.3 is 9.47 Å². The van der Waals surface area contributed by atoms with Crippen LogP contribution >= 0.6 is 11.3 Å². The van der Waals surface area contributed by atoms with Gasteiger partial charge in [-0.1, -0.05) is 6.07 Å². The first kappa shape index (κ1) is 15.0.